The SMILES string of the molecule is O=S(=O)(c1cccc(-n2nnnc2S)c1)C(Br)(Br)Br. The molecule has 2 aromatic rings. The largest absolute Gasteiger partial charge is 0.239 e. The maximum Gasteiger partial charge on any atom is 0.239 e. The van der Waals surface area contributed by atoms with Gasteiger partial charge in [-0.2, -0.15) is 4.68 Å². The number of hydrogen-bond acceptors (Lipinski definition) is 6. The van der Waals surface area contributed by atoms with Crippen LogP contribution in [-0.4, -0.2) is 30.1 Å². The molecule has 0 amide bonds. The standard InChI is InChI=1S/C8H5Br3N4O2S2/c9-8(10,11)19(16,17)6-3-1-2-5(4-6)15-7(18)12-13-14-15/h1-4H,(H,12,14,18). The van der Waals surface area contributed by atoms with E-state index in [4.69, 9.17) is 0 Å². The van der Waals surface area contributed by atoms with E-state index in [9.17, 15) is 8.42 Å². The summed E-state index contributed by atoms with van der Waals surface area (Å²) >= 11 is 13.1. The third-order valence-electron chi connectivity index (χ3n) is 2.13. The van der Waals surface area contributed by atoms with Gasteiger partial charge >= 0.3 is 0 Å². The zero-order valence-electron chi connectivity index (χ0n) is 8.90. The highest BCUT2D eigenvalue weighted by atomic mass is 80.0. The van der Waals surface area contributed by atoms with Gasteiger partial charge in [-0.3, -0.25) is 0 Å². The molecule has 0 fully saturated rings. The van der Waals surface area contributed by atoms with Gasteiger partial charge in [0.1, 0.15) is 0 Å². The fraction of sp³-hybridized carbons (Fsp3) is 0.125. The molecule has 19 heavy (non-hydrogen) atoms. The van der Waals surface area contributed by atoms with E-state index >= 15 is 0 Å². The molecule has 2 rings (SSSR count). The van der Waals surface area contributed by atoms with Gasteiger partial charge in [0.15, 0.2) is 0 Å². The van der Waals surface area contributed by atoms with Crippen LogP contribution < -0.4 is 0 Å². The molecular formula is C8H5Br3N4O2S2. The Kier molecular flexibility index (Phi) is 4.41. The molecule has 0 spiro atoms. The summed E-state index contributed by atoms with van der Waals surface area (Å²) in [7, 11) is -3.66. The highest BCUT2D eigenvalue weighted by Crippen LogP contribution is 2.43. The van der Waals surface area contributed by atoms with Gasteiger partial charge in [-0.05, 0) is 76.4 Å². The maximum absolute atomic E-state index is 12.2. The molecule has 0 unspecified atom stereocenters. The molecule has 6 nitrogen and oxygen atoms in total. The predicted molar refractivity (Wildman–Crippen MR) is 83.1 cm³/mol. The van der Waals surface area contributed by atoms with E-state index < -0.39 is 11.3 Å². The Morgan fingerprint density at radius 2 is 1.95 bits per heavy atom. The van der Waals surface area contributed by atoms with E-state index in [2.05, 4.69) is 75.9 Å². The van der Waals surface area contributed by atoms with Crippen LogP contribution in [0.1, 0.15) is 0 Å². The van der Waals surface area contributed by atoms with Crippen LogP contribution in [0, 0.1) is 0 Å². The van der Waals surface area contributed by atoms with Crippen molar-refractivity contribution in [2.24, 2.45) is 0 Å². The van der Waals surface area contributed by atoms with Gasteiger partial charge in [-0.1, -0.05) is 6.07 Å². The molecule has 0 aliphatic rings. The van der Waals surface area contributed by atoms with Crippen molar-refractivity contribution in [3.05, 3.63) is 24.3 Å². The van der Waals surface area contributed by atoms with E-state index in [1.54, 1.807) is 12.1 Å². The molecule has 0 aliphatic carbocycles. The second-order valence-electron chi connectivity index (χ2n) is 3.34. The van der Waals surface area contributed by atoms with Gasteiger partial charge in [-0.15, -0.1) is 17.7 Å². The normalized spacial score (nSPS) is 12.6. The zero-order chi connectivity index (χ0) is 14.3. The number of tetrazole rings is 1. The Labute approximate surface area is 139 Å². The summed E-state index contributed by atoms with van der Waals surface area (Å²) in [6.45, 7) is 0. The molecule has 0 saturated carbocycles. The molecule has 0 aliphatic heterocycles. The number of benzene rings is 1. The molecule has 0 atom stereocenters. The van der Waals surface area contributed by atoms with Crippen molar-refractivity contribution in [2.75, 3.05) is 0 Å². The van der Waals surface area contributed by atoms with Crippen molar-refractivity contribution >= 4 is 70.3 Å². The van der Waals surface area contributed by atoms with Crippen molar-refractivity contribution in [3.8, 4) is 5.69 Å². The number of thiol groups is 1. The number of nitrogens with zero attached hydrogens (tertiary/aromatic N) is 4. The first-order valence-electron chi connectivity index (χ1n) is 4.62. The summed E-state index contributed by atoms with van der Waals surface area (Å²) in [4.78, 5) is 0.0962. The van der Waals surface area contributed by atoms with Gasteiger partial charge in [-0.25, -0.2) is 8.42 Å². The lowest BCUT2D eigenvalue weighted by Crippen LogP contribution is -2.18. The molecular weight excluding hydrogens is 488 g/mol. The first-order valence-corrected chi connectivity index (χ1v) is 8.93. The minimum Gasteiger partial charge on any atom is -0.220 e. The average molecular weight is 493 g/mol. The van der Waals surface area contributed by atoms with Gasteiger partial charge in [0.05, 0.1) is 10.6 Å². The first kappa shape index (κ1) is 15.4. The van der Waals surface area contributed by atoms with Crippen LogP contribution in [-0.2, 0) is 9.84 Å². The summed E-state index contributed by atoms with van der Waals surface area (Å²) in [6, 6.07) is 6.19. The molecule has 0 radical (unpaired) electrons. The Hall–Kier alpha value is 0.0300. The fourth-order valence-corrected chi connectivity index (χ4v) is 3.94. The van der Waals surface area contributed by atoms with Gasteiger partial charge in [0, 0.05) is 0 Å². The Balaban J connectivity index is 2.56. The number of sulfone groups is 1. The molecule has 1 heterocycles. The lowest BCUT2D eigenvalue weighted by atomic mass is 10.3. The lowest BCUT2D eigenvalue weighted by molar-refractivity contribution is 0.598. The van der Waals surface area contributed by atoms with Crippen LogP contribution in [0.3, 0.4) is 0 Å². The molecule has 1 aromatic carbocycles. The zero-order valence-corrected chi connectivity index (χ0v) is 15.4. The topological polar surface area (TPSA) is 77.7 Å². The lowest BCUT2D eigenvalue weighted by Gasteiger charge is -2.14. The average Bonchev–Trinajstić information content (AvgIpc) is 2.74. The van der Waals surface area contributed by atoms with E-state index in [1.807, 2.05) is 0 Å². The van der Waals surface area contributed by atoms with E-state index in [0.717, 1.165) is 0 Å². The third-order valence-corrected chi connectivity index (χ3v) is 7.73. The minimum absolute atomic E-state index is 0.0962. The second-order valence-corrected chi connectivity index (χ2v) is 14.2. The smallest absolute Gasteiger partial charge is 0.220 e. The van der Waals surface area contributed by atoms with E-state index in [0.29, 0.717) is 5.69 Å². The van der Waals surface area contributed by atoms with Crippen molar-refractivity contribution in [1.82, 2.24) is 20.2 Å². The monoisotopic (exact) mass is 490 g/mol. The Bertz CT molecular complexity index is 711. The third kappa shape index (κ3) is 3.04. The van der Waals surface area contributed by atoms with Crippen LogP contribution in [0.25, 0.3) is 5.69 Å². The fourth-order valence-electron chi connectivity index (χ4n) is 1.27. The van der Waals surface area contributed by atoms with Crippen LogP contribution >= 0.6 is 60.4 Å². The maximum atomic E-state index is 12.2. The summed E-state index contributed by atoms with van der Waals surface area (Å²) < 4.78 is 24.4. The molecule has 0 saturated heterocycles. The summed E-state index contributed by atoms with van der Waals surface area (Å²) in [5.41, 5.74) is 0.493. The number of rotatable bonds is 2. The highest BCUT2D eigenvalue weighted by Gasteiger charge is 2.37. The number of aromatic nitrogens is 4. The second kappa shape index (κ2) is 5.43. The quantitative estimate of drug-likeness (QED) is 0.515. The van der Waals surface area contributed by atoms with Gasteiger partial charge < -0.3 is 0 Å². The van der Waals surface area contributed by atoms with Crippen LogP contribution in [0.4, 0.5) is 0 Å². The predicted octanol–water partition coefficient (Wildman–Crippen LogP) is 2.52. The van der Waals surface area contributed by atoms with Crippen molar-refractivity contribution in [2.45, 2.75) is 11.5 Å². The molecule has 0 N–H and O–H groups in total. The van der Waals surface area contributed by atoms with Gasteiger partial charge in [0.2, 0.25) is 16.5 Å². The summed E-state index contributed by atoms with van der Waals surface area (Å²) in [5, 5.41) is 11.1. The Morgan fingerprint density at radius 1 is 1.26 bits per heavy atom. The molecule has 0 bridgehead atoms. The molecule has 11 heteroatoms. The Morgan fingerprint density at radius 3 is 2.47 bits per heavy atom. The van der Waals surface area contributed by atoms with Crippen LogP contribution in [0.5, 0.6) is 0 Å². The van der Waals surface area contributed by atoms with Crippen molar-refractivity contribution in [1.29, 1.82) is 0 Å². The van der Waals surface area contributed by atoms with E-state index in [1.165, 1.54) is 16.8 Å². The minimum atomic E-state index is -3.66. The summed E-state index contributed by atoms with van der Waals surface area (Å²) in [5.74, 6) is 0. The first-order chi connectivity index (χ1) is 8.73. The number of hydrogen-bond donors (Lipinski definition) is 1. The van der Waals surface area contributed by atoms with Crippen LogP contribution in [0.15, 0.2) is 34.3 Å². The molecule has 1 aromatic heterocycles. The number of alkyl halides is 3. The van der Waals surface area contributed by atoms with Crippen molar-refractivity contribution < 1.29 is 8.42 Å². The van der Waals surface area contributed by atoms with Crippen molar-refractivity contribution in [3.63, 3.8) is 0 Å². The van der Waals surface area contributed by atoms with Gasteiger partial charge in [0.25, 0.3) is 0 Å². The molecule has 102 valence electrons. The van der Waals surface area contributed by atoms with Crippen LogP contribution in [0.2, 0.25) is 0 Å². The number of halogens is 3. The highest BCUT2D eigenvalue weighted by molar-refractivity contribution is 9.42. The summed E-state index contributed by atoms with van der Waals surface area (Å²) in [6.07, 6.45) is 0. The van der Waals surface area contributed by atoms with E-state index in [-0.39, 0.29) is 10.1 Å².